The van der Waals surface area contributed by atoms with Gasteiger partial charge in [0.1, 0.15) is 5.82 Å². The van der Waals surface area contributed by atoms with Gasteiger partial charge in [0.15, 0.2) is 5.76 Å². The molecule has 0 unspecified atom stereocenters. The number of nitrogens with two attached hydrogens (primary N) is 1. The summed E-state index contributed by atoms with van der Waals surface area (Å²) in [5, 5.41) is 6.63. The van der Waals surface area contributed by atoms with E-state index in [4.69, 9.17) is 10.4 Å². The summed E-state index contributed by atoms with van der Waals surface area (Å²) in [6.45, 7) is 0.515. The molecule has 0 spiro atoms. The molecule has 0 atom stereocenters. The molecule has 0 amide bonds. The molecule has 4 N–H and O–H groups in total. The monoisotopic (exact) mass is 206 g/mol. The number of nitrogens with zero attached hydrogens (tertiary/aromatic N) is 3. The Morgan fingerprint density at radius 2 is 2.27 bits per heavy atom. The fourth-order valence-corrected chi connectivity index (χ4v) is 1.04. The smallest absolute Gasteiger partial charge is 0.239 e. The van der Waals surface area contributed by atoms with E-state index in [-0.39, 0.29) is 0 Å². The van der Waals surface area contributed by atoms with Gasteiger partial charge in [-0.1, -0.05) is 5.16 Å². The molecule has 2 aromatic heterocycles. The molecule has 0 aliphatic carbocycles. The number of anilines is 2. The molecule has 7 heteroatoms. The van der Waals surface area contributed by atoms with E-state index in [1.54, 1.807) is 24.5 Å². The van der Waals surface area contributed by atoms with Gasteiger partial charge in [-0.15, -0.1) is 0 Å². The molecule has 0 fully saturated rings. The lowest BCUT2D eigenvalue weighted by Gasteiger charge is -2.03. The van der Waals surface area contributed by atoms with Gasteiger partial charge in [0, 0.05) is 12.3 Å². The molecule has 0 saturated carbocycles. The molecule has 2 heterocycles. The van der Waals surface area contributed by atoms with Crippen molar-refractivity contribution in [1.82, 2.24) is 15.1 Å². The molecule has 0 aliphatic rings. The van der Waals surface area contributed by atoms with E-state index in [9.17, 15) is 0 Å². The molecule has 15 heavy (non-hydrogen) atoms. The van der Waals surface area contributed by atoms with Crippen LogP contribution in [0.1, 0.15) is 5.76 Å². The maximum atomic E-state index is 5.18. The highest BCUT2D eigenvalue weighted by atomic mass is 16.5. The van der Waals surface area contributed by atoms with Crippen molar-refractivity contribution in [2.24, 2.45) is 5.84 Å². The molecule has 0 saturated heterocycles. The second kappa shape index (κ2) is 4.38. The van der Waals surface area contributed by atoms with Crippen molar-refractivity contribution in [3.8, 4) is 0 Å². The minimum atomic E-state index is 0.359. The summed E-state index contributed by atoms with van der Waals surface area (Å²) >= 11 is 0. The van der Waals surface area contributed by atoms with Gasteiger partial charge < -0.3 is 9.84 Å². The largest absolute Gasteiger partial charge is 0.363 e. The predicted octanol–water partition coefficient (Wildman–Crippen LogP) is 0.362. The predicted molar refractivity (Wildman–Crippen MR) is 53.7 cm³/mol. The lowest BCUT2D eigenvalue weighted by molar-refractivity contribution is 0.388. The van der Waals surface area contributed by atoms with Crippen molar-refractivity contribution in [2.45, 2.75) is 6.54 Å². The minimum Gasteiger partial charge on any atom is -0.363 e. The van der Waals surface area contributed by atoms with Crippen molar-refractivity contribution < 1.29 is 4.52 Å². The van der Waals surface area contributed by atoms with Crippen LogP contribution in [0.15, 0.2) is 29.0 Å². The number of nitrogen functional groups attached to an aromatic ring is 1. The van der Waals surface area contributed by atoms with Crippen LogP contribution in [0.3, 0.4) is 0 Å². The SMILES string of the molecule is NNc1nccc(NCc2ccno2)n1. The Morgan fingerprint density at radius 1 is 1.33 bits per heavy atom. The summed E-state index contributed by atoms with van der Waals surface area (Å²) in [5.74, 6) is 6.93. The van der Waals surface area contributed by atoms with Crippen molar-refractivity contribution in [2.75, 3.05) is 10.7 Å². The average Bonchev–Trinajstić information content (AvgIpc) is 2.79. The first-order valence-corrected chi connectivity index (χ1v) is 4.31. The summed E-state index contributed by atoms with van der Waals surface area (Å²) in [7, 11) is 0. The number of hydrogen-bond acceptors (Lipinski definition) is 7. The van der Waals surface area contributed by atoms with Crippen LogP contribution < -0.4 is 16.6 Å². The van der Waals surface area contributed by atoms with Gasteiger partial charge in [0.2, 0.25) is 5.95 Å². The van der Waals surface area contributed by atoms with E-state index < -0.39 is 0 Å². The molecule has 7 nitrogen and oxygen atoms in total. The highest BCUT2D eigenvalue weighted by Gasteiger charge is 1.99. The zero-order chi connectivity index (χ0) is 10.5. The lowest BCUT2D eigenvalue weighted by Crippen LogP contribution is -2.11. The number of rotatable bonds is 4. The lowest BCUT2D eigenvalue weighted by atomic mass is 10.4. The summed E-state index contributed by atoms with van der Waals surface area (Å²) in [4.78, 5) is 7.95. The first-order chi connectivity index (χ1) is 7.38. The van der Waals surface area contributed by atoms with Crippen LogP contribution in [0, 0.1) is 0 Å². The Labute approximate surface area is 85.7 Å². The molecule has 2 rings (SSSR count). The highest BCUT2D eigenvalue weighted by Crippen LogP contribution is 2.06. The number of hydrogen-bond donors (Lipinski definition) is 3. The van der Waals surface area contributed by atoms with E-state index in [0.717, 1.165) is 5.76 Å². The summed E-state index contributed by atoms with van der Waals surface area (Å²) in [5.41, 5.74) is 2.36. The third-order valence-corrected chi connectivity index (χ3v) is 1.72. The van der Waals surface area contributed by atoms with Gasteiger partial charge in [-0.25, -0.2) is 10.8 Å². The Hall–Kier alpha value is -2.15. The van der Waals surface area contributed by atoms with Gasteiger partial charge in [0.05, 0.1) is 12.7 Å². The maximum Gasteiger partial charge on any atom is 0.239 e. The van der Waals surface area contributed by atoms with E-state index in [1.807, 2.05) is 0 Å². The Morgan fingerprint density at radius 3 is 3.00 bits per heavy atom. The molecule has 0 aromatic carbocycles. The molecule has 2 aromatic rings. The number of aromatic nitrogens is 3. The molecular formula is C8H10N6O. The highest BCUT2D eigenvalue weighted by molar-refractivity contribution is 5.38. The first kappa shape index (κ1) is 9.41. The average molecular weight is 206 g/mol. The summed E-state index contributed by atoms with van der Waals surface area (Å²) in [6.07, 6.45) is 3.19. The maximum absolute atomic E-state index is 5.18. The Balaban J connectivity index is 1.98. The van der Waals surface area contributed by atoms with Crippen molar-refractivity contribution >= 4 is 11.8 Å². The Bertz CT molecular complexity index is 415. The van der Waals surface area contributed by atoms with Crippen LogP contribution in [0.5, 0.6) is 0 Å². The molecular weight excluding hydrogens is 196 g/mol. The van der Waals surface area contributed by atoms with Crippen molar-refractivity contribution in [3.63, 3.8) is 0 Å². The number of hydrazine groups is 1. The van der Waals surface area contributed by atoms with Crippen molar-refractivity contribution in [3.05, 3.63) is 30.3 Å². The Kier molecular flexibility index (Phi) is 2.75. The summed E-state index contributed by atoms with van der Waals surface area (Å²) < 4.78 is 4.92. The van der Waals surface area contributed by atoms with Gasteiger partial charge in [-0.2, -0.15) is 4.98 Å². The van der Waals surface area contributed by atoms with Gasteiger partial charge in [-0.05, 0) is 6.07 Å². The minimum absolute atomic E-state index is 0.359. The van der Waals surface area contributed by atoms with Crippen LogP contribution in [-0.4, -0.2) is 15.1 Å². The molecule has 0 radical (unpaired) electrons. The molecule has 0 aliphatic heterocycles. The van der Waals surface area contributed by atoms with Gasteiger partial charge in [0.25, 0.3) is 0 Å². The molecule has 78 valence electrons. The quantitative estimate of drug-likeness (QED) is 0.490. The zero-order valence-electron chi connectivity index (χ0n) is 7.84. The van der Waals surface area contributed by atoms with Gasteiger partial charge in [-0.3, -0.25) is 5.43 Å². The van der Waals surface area contributed by atoms with E-state index in [1.165, 1.54) is 0 Å². The third-order valence-electron chi connectivity index (χ3n) is 1.72. The standard InChI is InChI=1S/C8H10N6O/c9-14-8-10-3-2-7(13-8)11-5-6-1-4-12-15-6/h1-4H,5,9H2,(H2,10,11,13,14). The van der Waals surface area contributed by atoms with Crippen molar-refractivity contribution in [1.29, 1.82) is 0 Å². The van der Waals surface area contributed by atoms with Crippen LogP contribution >= 0.6 is 0 Å². The fourth-order valence-electron chi connectivity index (χ4n) is 1.04. The fraction of sp³-hybridized carbons (Fsp3) is 0.125. The normalized spacial score (nSPS) is 9.93. The van der Waals surface area contributed by atoms with Crippen LogP contribution in [0.2, 0.25) is 0 Å². The second-order valence-electron chi connectivity index (χ2n) is 2.74. The first-order valence-electron chi connectivity index (χ1n) is 4.31. The van der Waals surface area contributed by atoms with E-state index in [2.05, 4.69) is 25.9 Å². The molecule has 0 bridgehead atoms. The summed E-state index contributed by atoms with van der Waals surface area (Å²) in [6, 6.07) is 3.51. The van der Waals surface area contributed by atoms with Crippen LogP contribution in [0.4, 0.5) is 11.8 Å². The van der Waals surface area contributed by atoms with E-state index >= 15 is 0 Å². The van der Waals surface area contributed by atoms with E-state index in [0.29, 0.717) is 18.3 Å². The van der Waals surface area contributed by atoms with Crippen LogP contribution in [-0.2, 0) is 6.54 Å². The zero-order valence-corrected chi connectivity index (χ0v) is 7.84. The van der Waals surface area contributed by atoms with Gasteiger partial charge >= 0.3 is 0 Å². The third kappa shape index (κ3) is 2.41. The second-order valence-corrected chi connectivity index (χ2v) is 2.74. The van der Waals surface area contributed by atoms with Crippen LogP contribution in [0.25, 0.3) is 0 Å². The number of nitrogens with one attached hydrogen (secondary N) is 2. The topological polar surface area (TPSA) is 102 Å².